The number of halogens is 2. The normalized spacial score (nSPS) is 12.8. The van der Waals surface area contributed by atoms with Crippen molar-refractivity contribution < 1.29 is 4.52 Å². The molecule has 0 aliphatic heterocycles. The zero-order chi connectivity index (χ0) is 11.7. The van der Waals surface area contributed by atoms with Crippen LogP contribution < -0.4 is 5.73 Å². The number of hydrogen-bond acceptors (Lipinski definition) is 4. The molecule has 0 aliphatic rings. The van der Waals surface area contributed by atoms with Crippen LogP contribution in [0.15, 0.2) is 22.7 Å². The van der Waals surface area contributed by atoms with Crippen LogP contribution in [0.3, 0.4) is 0 Å². The Balaban J connectivity index is 2.39. The van der Waals surface area contributed by atoms with E-state index in [0.717, 1.165) is 5.56 Å². The molecule has 84 valence electrons. The third-order valence-corrected chi connectivity index (χ3v) is 2.75. The first-order valence-corrected chi connectivity index (χ1v) is 5.38. The van der Waals surface area contributed by atoms with Crippen LogP contribution in [-0.4, -0.2) is 10.1 Å². The summed E-state index contributed by atoms with van der Waals surface area (Å²) in [7, 11) is 0. The maximum atomic E-state index is 5.89. The van der Waals surface area contributed by atoms with Crippen LogP contribution in [-0.2, 0) is 0 Å². The van der Waals surface area contributed by atoms with Crippen LogP contribution in [0.4, 0.5) is 0 Å². The van der Waals surface area contributed by atoms with Crippen molar-refractivity contribution in [2.45, 2.75) is 13.0 Å². The van der Waals surface area contributed by atoms with E-state index >= 15 is 0 Å². The van der Waals surface area contributed by atoms with Gasteiger partial charge in [-0.25, -0.2) is 0 Å². The van der Waals surface area contributed by atoms with Crippen molar-refractivity contribution in [2.24, 2.45) is 5.73 Å². The Bertz CT molecular complexity index is 511. The fourth-order valence-electron chi connectivity index (χ4n) is 1.17. The largest absolute Gasteiger partial charge is 0.337 e. The van der Waals surface area contributed by atoms with Crippen LogP contribution in [0.2, 0.25) is 10.0 Å². The number of nitrogens with two attached hydrogens (primary N) is 1. The fourth-order valence-corrected chi connectivity index (χ4v) is 1.47. The van der Waals surface area contributed by atoms with Crippen molar-refractivity contribution in [1.29, 1.82) is 0 Å². The first-order chi connectivity index (χ1) is 7.58. The molecule has 16 heavy (non-hydrogen) atoms. The van der Waals surface area contributed by atoms with E-state index < -0.39 is 0 Å². The van der Waals surface area contributed by atoms with Crippen LogP contribution in [0.25, 0.3) is 11.4 Å². The van der Waals surface area contributed by atoms with Gasteiger partial charge in [-0.15, -0.1) is 0 Å². The summed E-state index contributed by atoms with van der Waals surface area (Å²) in [4.78, 5) is 4.15. The lowest BCUT2D eigenvalue weighted by molar-refractivity contribution is 0.362. The van der Waals surface area contributed by atoms with Gasteiger partial charge in [0.25, 0.3) is 0 Å². The van der Waals surface area contributed by atoms with Gasteiger partial charge in [0, 0.05) is 5.56 Å². The minimum Gasteiger partial charge on any atom is -0.337 e. The van der Waals surface area contributed by atoms with E-state index in [-0.39, 0.29) is 6.04 Å². The second-order valence-corrected chi connectivity index (χ2v) is 4.19. The van der Waals surface area contributed by atoms with Crippen molar-refractivity contribution in [3.63, 3.8) is 0 Å². The Labute approximate surface area is 102 Å². The Morgan fingerprint density at radius 3 is 2.62 bits per heavy atom. The van der Waals surface area contributed by atoms with Gasteiger partial charge in [0.1, 0.15) is 0 Å². The first-order valence-electron chi connectivity index (χ1n) is 4.62. The maximum absolute atomic E-state index is 5.89. The highest BCUT2D eigenvalue weighted by atomic mass is 35.5. The number of hydrogen-bond donors (Lipinski definition) is 1. The Kier molecular flexibility index (Phi) is 3.14. The van der Waals surface area contributed by atoms with Crippen LogP contribution >= 0.6 is 23.2 Å². The standard InChI is InChI=1S/C10H9Cl2N3O/c1-5(13)10-14-9(15-16-10)6-2-3-7(11)8(12)4-6/h2-5H,13H2,1H3/t5-/m0/s1. The molecule has 0 fully saturated rings. The average Bonchev–Trinajstić information content (AvgIpc) is 2.71. The SMILES string of the molecule is C[C@H](N)c1nc(-c2ccc(Cl)c(Cl)c2)no1. The molecule has 1 atom stereocenters. The number of rotatable bonds is 2. The van der Waals surface area contributed by atoms with Crippen molar-refractivity contribution in [1.82, 2.24) is 10.1 Å². The summed E-state index contributed by atoms with van der Waals surface area (Å²) in [6.07, 6.45) is 0. The van der Waals surface area contributed by atoms with Crippen molar-refractivity contribution in [3.8, 4) is 11.4 Å². The fraction of sp³-hybridized carbons (Fsp3) is 0.200. The van der Waals surface area contributed by atoms with Crippen LogP contribution in [0, 0.1) is 0 Å². The predicted molar refractivity (Wildman–Crippen MR) is 62.4 cm³/mol. The molecule has 0 unspecified atom stereocenters. The molecule has 2 rings (SSSR count). The third-order valence-electron chi connectivity index (χ3n) is 2.01. The van der Waals surface area contributed by atoms with E-state index in [9.17, 15) is 0 Å². The summed E-state index contributed by atoms with van der Waals surface area (Å²) in [6.45, 7) is 1.77. The van der Waals surface area contributed by atoms with Crippen molar-refractivity contribution in [3.05, 3.63) is 34.1 Å². The highest BCUT2D eigenvalue weighted by molar-refractivity contribution is 6.42. The smallest absolute Gasteiger partial charge is 0.243 e. The quantitative estimate of drug-likeness (QED) is 0.898. The van der Waals surface area contributed by atoms with Gasteiger partial charge in [-0.05, 0) is 25.1 Å². The van der Waals surface area contributed by atoms with Gasteiger partial charge in [-0.1, -0.05) is 28.4 Å². The molecule has 0 saturated heterocycles. The van der Waals surface area contributed by atoms with Gasteiger partial charge < -0.3 is 10.3 Å². The van der Waals surface area contributed by atoms with Gasteiger partial charge in [0.2, 0.25) is 11.7 Å². The van der Waals surface area contributed by atoms with Gasteiger partial charge in [-0.3, -0.25) is 0 Å². The molecule has 0 spiro atoms. The molecule has 4 nitrogen and oxygen atoms in total. The lowest BCUT2D eigenvalue weighted by atomic mass is 10.2. The molecular formula is C10H9Cl2N3O. The Morgan fingerprint density at radius 1 is 1.31 bits per heavy atom. The van der Waals surface area contributed by atoms with E-state index in [0.29, 0.717) is 21.8 Å². The lowest BCUT2D eigenvalue weighted by Gasteiger charge is -1.97. The highest BCUT2D eigenvalue weighted by Crippen LogP contribution is 2.27. The van der Waals surface area contributed by atoms with E-state index in [2.05, 4.69) is 10.1 Å². The van der Waals surface area contributed by atoms with Gasteiger partial charge >= 0.3 is 0 Å². The molecule has 2 aromatic rings. The molecule has 1 heterocycles. The molecule has 6 heteroatoms. The summed E-state index contributed by atoms with van der Waals surface area (Å²) in [5.41, 5.74) is 6.36. The third kappa shape index (κ3) is 2.19. The van der Waals surface area contributed by atoms with Gasteiger partial charge in [0.05, 0.1) is 16.1 Å². The molecule has 0 aliphatic carbocycles. The summed E-state index contributed by atoms with van der Waals surface area (Å²) in [6, 6.07) is 4.84. The summed E-state index contributed by atoms with van der Waals surface area (Å²) >= 11 is 11.7. The number of benzene rings is 1. The topological polar surface area (TPSA) is 64.9 Å². The zero-order valence-corrected chi connectivity index (χ0v) is 9.96. The minimum absolute atomic E-state index is 0.288. The average molecular weight is 258 g/mol. The van der Waals surface area contributed by atoms with Crippen LogP contribution in [0.5, 0.6) is 0 Å². The molecule has 2 N–H and O–H groups in total. The first kappa shape index (κ1) is 11.4. The van der Waals surface area contributed by atoms with E-state index in [1.165, 1.54) is 0 Å². The lowest BCUT2D eigenvalue weighted by Crippen LogP contribution is -2.04. The summed E-state index contributed by atoms with van der Waals surface area (Å²) in [5, 5.41) is 4.75. The summed E-state index contributed by atoms with van der Waals surface area (Å²) < 4.78 is 4.99. The molecular weight excluding hydrogens is 249 g/mol. The van der Waals surface area contributed by atoms with E-state index in [1.807, 2.05) is 0 Å². The predicted octanol–water partition coefficient (Wildman–Crippen LogP) is 3.06. The maximum Gasteiger partial charge on any atom is 0.243 e. The van der Waals surface area contributed by atoms with E-state index in [4.69, 9.17) is 33.5 Å². The summed E-state index contributed by atoms with van der Waals surface area (Å²) in [5.74, 6) is 0.840. The zero-order valence-electron chi connectivity index (χ0n) is 8.45. The monoisotopic (exact) mass is 257 g/mol. The molecule has 1 aromatic heterocycles. The minimum atomic E-state index is -0.288. The number of aromatic nitrogens is 2. The Hall–Kier alpha value is -1.10. The van der Waals surface area contributed by atoms with Gasteiger partial charge in [-0.2, -0.15) is 4.98 Å². The molecule has 0 amide bonds. The second kappa shape index (κ2) is 4.41. The van der Waals surface area contributed by atoms with Gasteiger partial charge in [0.15, 0.2) is 0 Å². The molecule has 1 aromatic carbocycles. The Morgan fingerprint density at radius 2 is 2.06 bits per heavy atom. The highest BCUT2D eigenvalue weighted by Gasteiger charge is 2.12. The number of nitrogens with zero attached hydrogens (tertiary/aromatic N) is 2. The van der Waals surface area contributed by atoms with Crippen molar-refractivity contribution in [2.75, 3.05) is 0 Å². The molecule has 0 bridgehead atoms. The van der Waals surface area contributed by atoms with E-state index in [1.54, 1.807) is 25.1 Å². The second-order valence-electron chi connectivity index (χ2n) is 3.37. The van der Waals surface area contributed by atoms with Crippen LogP contribution in [0.1, 0.15) is 18.9 Å². The molecule has 0 radical (unpaired) electrons. The van der Waals surface area contributed by atoms with Crippen molar-refractivity contribution >= 4 is 23.2 Å². The molecule has 0 saturated carbocycles.